The number of ether oxygens (including phenoxy) is 1. The first-order chi connectivity index (χ1) is 22.4. The van der Waals surface area contributed by atoms with Gasteiger partial charge in [-0.25, -0.2) is 4.98 Å². The molecule has 1 fully saturated rings. The highest BCUT2D eigenvalue weighted by molar-refractivity contribution is 7.09. The third-order valence-corrected chi connectivity index (χ3v) is 10.3. The topological polar surface area (TPSA) is 130 Å². The molecular formula is C36H55N5O5S. The van der Waals surface area contributed by atoms with Gasteiger partial charge in [-0.15, -0.1) is 11.3 Å². The van der Waals surface area contributed by atoms with Crippen LogP contribution in [0.2, 0.25) is 0 Å². The number of nitrogens with zero attached hydrogens (tertiary/aromatic N) is 2. The quantitative estimate of drug-likeness (QED) is 0.207. The summed E-state index contributed by atoms with van der Waals surface area (Å²) in [6, 6.07) is 8.66. The molecule has 0 spiro atoms. The van der Waals surface area contributed by atoms with Crippen molar-refractivity contribution >= 4 is 35.0 Å². The van der Waals surface area contributed by atoms with E-state index < -0.39 is 6.04 Å². The number of thiazole rings is 1. The Morgan fingerprint density at radius 1 is 1.09 bits per heavy atom. The molecule has 0 aliphatic carbocycles. The molecule has 3 amide bonds. The number of hydrogen-bond acceptors (Lipinski definition) is 8. The van der Waals surface area contributed by atoms with Gasteiger partial charge >= 0.3 is 5.97 Å². The lowest BCUT2D eigenvalue weighted by Gasteiger charge is -2.36. The average Bonchev–Trinajstić information content (AvgIpc) is 3.56. The number of methoxy groups -OCH3 is 1. The standard InChI is InChI=1S/C36H55N5O5S/c1-8-24(4)32(40-33(42)28-16-12-13-19-37-28)35(44)41(6)30(23(2)3)17-18-31-39-29(22-47-31)34(43)38-27(20-25(5)36(45)46-7)21-26-14-10-9-11-15-26/h9-11,14-15,22-25,27-28,30,32,37H,8,12-13,16-21H2,1-7H3,(H,38,43)(H,40,42)/t24-,25-,27+,28+,30+,32-/m0/s1. The van der Waals surface area contributed by atoms with E-state index in [0.717, 1.165) is 42.8 Å². The largest absolute Gasteiger partial charge is 0.469 e. The number of esters is 1. The molecule has 1 aliphatic heterocycles. The summed E-state index contributed by atoms with van der Waals surface area (Å²) < 4.78 is 4.91. The lowest BCUT2D eigenvalue weighted by atomic mass is 9.93. The number of carbonyl (C=O) groups excluding carboxylic acids is 4. The van der Waals surface area contributed by atoms with Crippen LogP contribution in [0.4, 0.5) is 0 Å². The van der Waals surface area contributed by atoms with Crippen LogP contribution in [0.1, 0.15) is 94.2 Å². The van der Waals surface area contributed by atoms with Crippen LogP contribution in [0.15, 0.2) is 35.7 Å². The van der Waals surface area contributed by atoms with Crippen LogP contribution >= 0.6 is 11.3 Å². The smallest absolute Gasteiger partial charge is 0.308 e. The van der Waals surface area contributed by atoms with E-state index in [4.69, 9.17) is 4.74 Å². The lowest BCUT2D eigenvalue weighted by molar-refractivity contribution is -0.145. The van der Waals surface area contributed by atoms with E-state index in [1.807, 2.05) is 51.2 Å². The van der Waals surface area contributed by atoms with E-state index in [-0.39, 0.29) is 59.6 Å². The normalized spacial score (nSPS) is 18.0. The Balaban J connectivity index is 1.65. The maximum absolute atomic E-state index is 13.9. The maximum atomic E-state index is 13.9. The van der Waals surface area contributed by atoms with Gasteiger partial charge in [0.2, 0.25) is 11.8 Å². The molecule has 1 aromatic heterocycles. The first-order valence-corrected chi connectivity index (χ1v) is 18.0. The molecule has 10 nitrogen and oxygen atoms in total. The third-order valence-electron chi connectivity index (χ3n) is 9.36. The molecule has 2 aromatic rings. The molecule has 47 heavy (non-hydrogen) atoms. The zero-order valence-corrected chi connectivity index (χ0v) is 30.0. The van der Waals surface area contributed by atoms with E-state index in [1.54, 1.807) is 17.2 Å². The first kappa shape index (κ1) is 38.1. The van der Waals surface area contributed by atoms with Crippen LogP contribution in [0.3, 0.4) is 0 Å². The summed E-state index contributed by atoms with van der Waals surface area (Å²) in [5.41, 5.74) is 1.41. The van der Waals surface area contributed by atoms with Gasteiger partial charge in [-0.05, 0) is 56.0 Å². The Morgan fingerprint density at radius 2 is 1.81 bits per heavy atom. The molecule has 1 aliphatic rings. The number of carbonyl (C=O) groups is 4. The van der Waals surface area contributed by atoms with Crippen LogP contribution in [0.25, 0.3) is 0 Å². The molecule has 6 atom stereocenters. The Labute approximate surface area is 284 Å². The number of aromatic nitrogens is 1. The van der Waals surface area contributed by atoms with Crippen molar-refractivity contribution in [2.45, 2.75) is 110 Å². The molecule has 0 saturated carbocycles. The average molecular weight is 670 g/mol. The molecular weight excluding hydrogens is 614 g/mol. The molecule has 3 N–H and O–H groups in total. The second-order valence-electron chi connectivity index (χ2n) is 13.3. The van der Waals surface area contributed by atoms with Crippen molar-refractivity contribution in [3.63, 3.8) is 0 Å². The monoisotopic (exact) mass is 669 g/mol. The highest BCUT2D eigenvalue weighted by atomic mass is 32.1. The van der Waals surface area contributed by atoms with E-state index >= 15 is 0 Å². The van der Waals surface area contributed by atoms with Crippen molar-refractivity contribution in [1.29, 1.82) is 0 Å². The van der Waals surface area contributed by atoms with Crippen LogP contribution in [-0.2, 0) is 32.0 Å². The fourth-order valence-electron chi connectivity index (χ4n) is 6.25. The fraction of sp³-hybridized carbons (Fsp3) is 0.639. The zero-order valence-electron chi connectivity index (χ0n) is 29.2. The van der Waals surface area contributed by atoms with Gasteiger partial charge in [0, 0.05) is 30.9 Å². The van der Waals surface area contributed by atoms with Crippen LogP contribution in [-0.4, -0.2) is 78.4 Å². The SMILES string of the molecule is CC[C@H](C)[C@H](NC(=O)[C@H]1CCCCN1)C(=O)N(C)[C@H](CCc1nc(C(=O)N[C@@H](Cc2ccccc2)C[C@H](C)C(=O)OC)cs1)C(C)C. The predicted octanol–water partition coefficient (Wildman–Crippen LogP) is 4.77. The van der Waals surface area contributed by atoms with Crippen LogP contribution in [0.5, 0.6) is 0 Å². The van der Waals surface area contributed by atoms with Gasteiger partial charge in [0.15, 0.2) is 0 Å². The highest BCUT2D eigenvalue weighted by Crippen LogP contribution is 2.22. The first-order valence-electron chi connectivity index (χ1n) is 17.1. The number of rotatable bonds is 17. The molecule has 2 heterocycles. The fourth-order valence-corrected chi connectivity index (χ4v) is 7.04. The Kier molecular flexibility index (Phi) is 15.3. The van der Waals surface area contributed by atoms with Crippen LogP contribution in [0, 0.1) is 17.8 Å². The number of amides is 3. The minimum Gasteiger partial charge on any atom is -0.469 e. The summed E-state index contributed by atoms with van der Waals surface area (Å²) in [5.74, 6) is -0.968. The Bertz CT molecular complexity index is 1300. The molecule has 260 valence electrons. The molecule has 1 saturated heterocycles. The van der Waals surface area contributed by atoms with E-state index in [1.165, 1.54) is 18.4 Å². The number of hydrogen-bond donors (Lipinski definition) is 3. The molecule has 0 radical (unpaired) electrons. The number of nitrogens with one attached hydrogen (secondary N) is 3. The van der Waals surface area contributed by atoms with Gasteiger partial charge in [-0.2, -0.15) is 0 Å². The van der Waals surface area contributed by atoms with Gasteiger partial charge in [0.25, 0.3) is 5.91 Å². The Morgan fingerprint density at radius 3 is 2.43 bits per heavy atom. The second-order valence-corrected chi connectivity index (χ2v) is 14.3. The number of aryl methyl sites for hydroxylation is 1. The van der Waals surface area contributed by atoms with Crippen molar-refractivity contribution in [2.75, 3.05) is 20.7 Å². The molecule has 3 rings (SSSR count). The number of likely N-dealkylation sites (N-methyl/N-ethyl adjacent to an activating group) is 1. The summed E-state index contributed by atoms with van der Waals surface area (Å²) in [5, 5.41) is 12.0. The van der Waals surface area contributed by atoms with Crippen molar-refractivity contribution in [3.8, 4) is 0 Å². The van der Waals surface area contributed by atoms with Gasteiger partial charge in [0.1, 0.15) is 11.7 Å². The molecule has 1 aromatic carbocycles. The van der Waals surface area contributed by atoms with E-state index in [2.05, 4.69) is 34.8 Å². The van der Waals surface area contributed by atoms with Crippen molar-refractivity contribution in [1.82, 2.24) is 25.8 Å². The van der Waals surface area contributed by atoms with Gasteiger partial charge in [0.05, 0.1) is 24.1 Å². The number of benzene rings is 1. The van der Waals surface area contributed by atoms with Crippen LogP contribution < -0.4 is 16.0 Å². The van der Waals surface area contributed by atoms with Crippen molar-refractivity contribution in [3.05, 3.63) is 52.0 Å². The maximum Gasteiger partial charge on any atom is 0.308 e. The summed E-state index contributed by atoms with van der Waals surface area (Å²) in [6.45, 7) is 10.9. The highest BCUT2D eigenvalue weighted by Gasteiger charge is 2.34. The van der Waals surface area contributed by atoms with E-state index in [0.29, 0.717) is 31.4 Å². The minimum absolute atomic E-state index is 0.00772. The molecule has 0 unspecified atom stereocenters. The predicted molar refractivity (Wildman–Crippen MR) is 186 cm³/mol. The molecule has 11 heteroatoms. The summed E-state index contributed by atoms with van der Waals surface area (Å²) in [7, 11) is 3.20. The van der Waals surface area contributed by atoms with Gasteiger partial charge < -0.3 is 25.6 Å². The number of piperidine rings is 1. The third kappa shape index (κ3) is 11.4. The van der Waals surface area contributed by atoms with Gasteiger partial charge in [-0.1, -0.05) is 77.8 Å². The Hall–Kier alpha value is -3.31. The summed E-state index contributed by atoms with van der Waals surface area (Å²) in [6.07, 6.45) is 5.92. The summed E-state index contributed by atoms with van der Waals surface area (Å²) >= 11 is 1.43. The minimum atomic E-state index is -0.594. The zero-order chi connectivity index (χ0) is 34.5. The van der Waals surface area contributed by atoms with E-state index in [9.17, 15) is 19.2 Å². The van der Waals surface area contributed by atoms with Crippen molar-refractivity contribution in [2.24, 2.45) is 17.8 Å². The summed E-state index contributed by atoms with van der Waals surface area (Å²) in [4.78, 5) is 58.9. The molecule has 0 bridgehead atoms. The second kappa shape index (κ2) is 18.9. The lowest BCUT2D eigenvalue weighted by Crippen LogP contribution is -2.57. The van der Waals surface area contributed by atoms with Gasteiger partial charge in [-0.3, -0.25) is 19.2 Å². The van der Waals surface area contributed by atoms with Crippen molar-refractivity contribution < 1.29 is 23.9 Å².